The van der Waals surface area contributed by atoms with Gasteiger partial charge in [-0.15, -0.1) is 0 Å². The lowest BCUT2D eigenvalue weighted by Gasteiger charge is -2.36. The Morgan fingerprint density at radius 3 is 2.51 bits per heavy atom. The second-order valence-electron chi connectivity index (χ2n) is 8.82. The molecular weight excluding hydrogens is 466 g/mol. The number of nitrogens with one attached hydrogen (secondary N) is 1. The van der Waals surface area contributed by atoms with Gasteiger partial charge >= 0.3 is 5.97 Å². The fraction of sp³-hybridized carbons (Fsp3) is 0.357. The maximum Gasteiger partial charge on any atom is 0.336 e. The van der Waals surface area contributed by atoms with Gasteiger partial charge in [0.25, 0.3) is 0 Å². The molecule has 0 saturated heterocycles. The molecule has 2 aromatic carbocycles. The van der Waals surface area contributed by atoms with Gasteiger partial charge in [0.15, 0.2) is 17.3 Å². The van der Waals surface area contributed by atoms with E-state index in [9.17, 15) is 9.59 Å². The molecule has 6 nitrogen and oxygen atoms in total. The first-order valence-corrected chi connectivity index (χ1v) is 12.1. The van der Waals surface area contributed by atoms with Crippen LogP contribution in [0.25, 0.3) is 0 Å². The number of carbonyl (C=O) groups is 2. The van der Waals surface area contributed by atoms with E-state index in [0.29, 0.717) is 59.2 Å². The summed E-state index contributed by atoms with van der Waals surface area (Å²) in [6, 6.07) is 13.1. The number of ketones is 1. The minimum atomic E-state index is -0.534. The molecule has 2 atom stereocenters. The molecule has 0 saturated carbocycles. The van der Waals surface area contributed by atoms with Crippen molar-refractivity contribution in [2.45, 2.75) is 44.9 Å². The molecule has 2 aromatic rings. The Kier molecular flexibility index (Phi) is 7.51. The fourth-order valence-electron chi connectivity index (χ4n) is 4.94. The van der Waals surface area contributed by atoms with Crippen LogP contribution in [0.2, 0.25) is 5.02 Å². The fourth-order valence-corrected chi connectivity index (χ4v) is 5.14. The van der Waals surface area contributed by atoms with Crippen LogP contribution in [-0.2, 0) is 14.3 Å². The van der Waals surface area contributed by atoms with E-state index in [0.717, 1.165) is 16.8 Å². The van der Waals surface area contributed by atoms with Crippen molar-refractivity contribution in [3.63, 3.8) is 0 Å². The van der Waals surface area contributed by atoms with Crippen molar-refractivity contribution < 1.29 is 23.8 Å². The van der Waals surface area contributed by atoms with E-state index in [4.69, 9.17) is 25.8 Å². The van der Waals surface area contributed by atoms with Crippen molar-refractivity contribution in [3.05, 3.63) is 81.2 Å². The molecule has 1 N–H and O–H groups in total. The summed E-state index contributed by atoms with van der Waals surface area (Å²) < 4.78 is 16.3. The number of hydrogen-bond donors (Lipinski definition) is 1. The van der Waals surface area contributed by atoms with Crippen molar-refractivity contribution in [1.29, 1.82) is 0 Å². The van der Waals surface area contributed by atoms with Gasteiger partial charge in [-0.25, -0.2) is 4.79 Å². The molecule has 184 valence electrons. The van der Waals surface area contributed by atoms with E-state index in [1.807, 2.05) is 50.2 Å². The smallest absolute Gasteiger partial charge is 0.336 e. The number of dihydropyridines is 1. The van der Waals surface area contributed by atoms with Gasteiger partial charge in [0.05, 0.1) is 26.4 Å². The SMILES string of the molecule is CCCOC(=O)C1=C(C)NC2=C(C(=O)C[C@H](c3ccc(OC)c(OC)c3)C2)[C@H]1c1cccc(Cl)c1. The predicted molar refractivity (Wildman–Crippen MR) is 135 cm³/mol. The Balaban J connectivity index is 1.76. The third kappa shape index (κ3) is 4.94. The number of benzene rings is 2. The molecule has 4 rings (SSSR count). The number of Topliss-reactive ketones (excluding diaryl/α,β-unsaturated/α-hetero) is 1. The Hall–Kier alpha value is -3.25. The van der Waals surface area contributed by atoms with Crippen LogP contribution >= 0.6 is 11.6 Å². The summed E-state index contributed by atoms with van der Waals surface area (Å²) in [5, 5.41) is 3.92. The van der Waals surface area contributed by atoms with Crippen molar-refractivity contribution >= 4 is 23.4 Å². The number of halogens is 1. The summed E-state index contributed by atoms with van der Waals surface area (Å²) >= 11 is 6.31. The summed E-state index contributed by atoms with van der Waals surface area (Å²) in [6.07, 6.45) is 1.67. The number of rotatable bonds is 7. The number of hydrogen-bond acceptors (Lipinski definition) is 6. The van der Waals surface area contributed by atoms with Crippen LogP contribution in [0.5, 0.6) is 11.5 Å². The normalized spacial score (nSPS) is 19.7. The molecule has 0 bridgehead atoms. The Morgan fingerprint density at radius 1 is 1.06 bits per heavy atom. The quantitative estimate of drug-likeness (QED) is 0.499. The Bertz CT molecular complexity index is 1220. The summed E-state index contributed by atoms with van der Waals surface area (Å²) in [5.41, 5.74) is 4.38. The predicted octanol–water partition coefficient (Wildman–Crippen LogP) is 5.67. The second-order valence-corrected chi connectivity index (χ2v) is 9.26. The van der Waals surface area contributed by atoms with Gasteiger partial charge < -0.3 is 19.5 Å². The Morgan fingerprint density at radius 2 is 1.83 bits per heavy atom. The van der Waals surface area contributed by atoms with Gasteiger partial charge in [-0.3, -0.25) is 4.79 Å². The number of allylic oxidation sites excluding steroid dienone is 3. The molecule has 7 heteroatoms. The van der Waals surface area contributed by atoms with Crippen LogP contribution < -0.4 is 14.8 Å². The third-order valence-electron chi connectivity index (χ3n) is 6.55. The number of esters is 1. The zero-order chi connectivity index (χ0) is 25.1. The minimum absolute atomic E-state index is 0.00296. The van der Waals surface area contributed by atoms with Gasteiger partial charge in [0.1, 0.15) is 0 Å². The highest BCUT2D eigenvalue weighted by atomic mass is 35.5. The van der Waals surface area contributed by atoms with Crippen LogP contribution in [0, 0.1) is 0 Å². The number of ether oxygens (including phenoxy) is 3. The standard InChI is InChI=1S/C28H30ClNO5/c1-5-11-35-28(32)25-16(2)30-21-13-19(17-9-10-23(33-3)24(15-17)34-4)14-22(31)27(21)26(25)18-7-6-8-20(29)12-18/h6-10,12,15,19,26,30H,5,11,13-14H2,1-4H3/t19-,26+/m1/s1. The highest BCUT2D eigenvalue weighted by Gasteiger charge is 2.41. The van der Waals surface area contributed by atoms with Crippen LogP contribution in [0.3, 0.4) is 0 Å². The monoisotopic (exact) mass is 495 g/mol. The van der Waals surface area contributed by atoms with Crippen LogP contribution in [-0.4, -0.2) is 32.6 Å². The molecule has 0 spiro atoms. The van der Waals surface area contributed by atoms with Gasteiger partial charge in [0, 0.05) is 34.3 Å². The maximum absolute atomic E-state index is 13.7. The van der Waals surface area contributed by atoms with Crippen LogP contribution in [0.1, 0.15) is 56.1 Å². The van der Waals surface area contributed by atoms with Gasteiger partial charge in [-0.1, -0.05) is 36.7 Å². The molecule has 1 heterocycles. The van der Waals surface area contributed by atoms with E-state index >= 15 is 0 Å². The second kappa shape index (κ2) is 10.6. The average molecular weight is 496 g/mol. The zero-order valence-corrected chi connectivity index (χ0v) is 21.2. The molecule has 1 aliphatic carbocycles. The van der Waals surface area contributed by atoms with E-state index in [1.165, 1.54) is 0 Å². The van der Waals surface area contributed by atoms with Gasteiger partial charge in [0.2, 0.25) is 0 Å². The van der Waals surface area contributed by atoms with Gasteiger partial charge in [-0.05, 0) is 61.1 Å². The third-order valence-corrected chi connectivity index (χ3v) is 6.78. The molecule has 1 aliphatic heterocycles. The largest absolute Gasteiger partial charge is 0.493 e. The lowest BCUT2D eigenvalue weighted by Crippen LogP contribution is -2.36. The molecule has 35 heavy (non-hydrogen) atoms. The molecule has 0 aromatic heterocycles. The average Bonchev–Trinajstić information content (AvgIpc) is 2.85. The molecule has 2 aliphatic rings. The van der Waals surface area contributed by atoms with Crippen molar-refractivity contribution in [2.75, 3.05) is 20.8 Å². The first-order valence-electron chi connectivity index (χ1n) is 11.8. The summed E-state index contributed by atoms with van der Waals surface area (Å²) in [6.45, 7) is 4.12. The molecule has 0 unspecified atom stereocenters. The first-order chi connectivity index (χ1) is 16.9. The lowest BCUT2D eigenvalue weighted by molar-refractivity contribution is -0.139. The van der Waals surface area contributed by atoms with E-state index in [2.05, 4.69) is 5.32 Å². The van der Waals surface area contributed by atoms with Gasteiger partial charge in [-0.2, -0.15) is 0 Å². The van der Waals surface area contributed by atoms with Crippen LogP contribution in [0.4, 0.5) is 0 Å². The topological polar surface area (TPSA) is 73.9 Å². The first kappa shape index (κ1) is 24.9. The minimum Gasteiger partial charge on any atom is -0.493 e. The molecule has 0 amide bonds. The molecule has 0 fully saturated rings. The van der Waals surface area contributed by atoms with E-state index in [1.54, 1.807) is 20.3 Å². The van der Waals surface area contributed by atoms with Crippen molar-refractivity contribution in [2.24, 2.45) is 0 Å². The van der Waals surface area contributed by atoms with Crippen molar-refractivity contribution in [1.82, 2.24) is 5.32 Å². The number of methoxy groups -OCH3 is 2. The highest BCUT2D eigenvalue weighted by molar-refractivity contribution is 6.30. The summed E-state index contributed by atoms with van der Waals surface area (Å²) in [5.74, 6) is 0.287. The highest BCUT2D eigenvalue weighted by Crippen LogP contribution is 2.46. The van der Waals surface area contributed by atoms with Crippen molar-refractivity contribution in [3.8, 4) is 11.5 Å². The molecular formula is C28H30ClNO5. The lowest BCUT2D eigenvalue weighted by atomic mass is 9.71. The Labute approximate surface area is 210 Å². The summed E-state index contributed by atoms with van der Waals surface area (Å²) in [4.78, 5) is 26.8. The van der Waals surface area contributed by atoms with E-state index in [-0.39, 0.29) is 11.7 Å². The molecule has 0 radical (unpaired) electrons. The number of carbonyl (C=O) groups excluding carboxylic acids is 2. The summed E-state index contributed by atoms with van der Waals surface area (Å²) in [7, 11) is 3.19. The van der Waals surface area contributed by atoms with E-state index < -0.39 is 11.9 Å². The zero-order valence-electron chi connectivity index (χ0n) is 20.4. The maximum atomic E-state index is 13.7. The van der Waals surface area contributed by atoms with Crippen LogP contribution in [0.15, 0.2) is 65.0 Å².